The standard InChI is InChI=1S/C29H28NO2PS2/c1-20-11-5-7-15-26(20)34-27-17-9-13-24(21(27)2)31-33(30(3)4)32-25-14-10-18-29-23(25)19-22-12-6-8-16-28(22)35-29/h5-18H,19H2,1-4H3. The van der Waals surface area contributed by atoms with Crippen LogP contribution in [0.2, 0.25) is 0 Å². The molecule has 35 heavy (non-hydrogen) atoms. The first-order valence-corrected chi connectivity index (χ1v) is 14.3. The molecule has 0 amide bonds. The fourth-order valence-electron chi connectivity index (χ4n) is 3.90. The molecule has 0 N–H and O–H groups in total. The second-order valence-corrected chi connectivity index (χ2v) is 12.4. The van der Waals surface area contributed by atoms with E-state index in [0.29, 0.717) is 0 Å². The highest BCUT2D eigenvalue weighted by molar-refractivity contribution is 7.99. The third kappa shape index (κ3) is 5.39. The molecule has 4 aromatic carbocycles. The van der Waals surface area contributed by atoms with Crippen molar-refractivity contribution in [1.82, 2.24) is 4.67 Å². The van der Waals surface area contributed by atoms with E-state index >= 15 is 0 Å². The number of hydrogen-bond acceptors (Lipinski definition) is 5. The van der Waals surface area contributed by atoms with Crippen molar-refractivity contribution in [1.29, 1.82) is 0 Å². The molecule has 3 nitrogen and oxygen atoms in total. The summed E-state index contributed by atoms with van der Waals surface area (Å²) in [5, 5.41) is 0. The summed E-state index contributed by atoms with van der Waals surface area (Å²) >= 11 is 3.59. The summed E-state index contributed by atoms with van der Waals surface area (Å²) in [7, 11) is 2.68. The van der Waals surface area contributed by atoms with E-state index < -0.39 is 8.53 Å². The Hall–Kier alpha value is -2.43. The van der Waals surface area contributed by atoms with Crippen LogP contribution >= 0.6 is 32.0 Å². The first kappa shape index (κ1) is 24.3. The second-order valence-electron chi connectivity index (χ2n) is 8.63. The summed E-state index contributed by atoms with van der Waals surface area (Å²) in [5.74, 6) is 1.75. The summed E-state index contributed by atoms with van der Waals surface area (Å²) in [6, 6.07) is 29.6. The van der Waals surface area contributed by atoms with E-state index in [2.05, 4.69) is 92.7 Å². The molecule has 0 spiro atoms. The molecular formula is C29H28NO2PS2. The van der Waals surface area contributed by atoms with Gasteiger partial charge in [0.05, 0.1) is 0 Å². The van der Waals surface area contributed by atoms with Crippen LogP contribution in [0.4, 0.5) is 0 Å². The van der Waals surface area contributed by atoms with Crippen molar-refractivity contribution < 1.29 is 9.05 Å². The molecule has 5 rings (SSSR count). The van der Waals surface area contributed by atoms with E-state index in [-0.39, 0.29) is 0 Å². The van der Waals surface area contributed by atoms with Crippen molar-refractivity contribution in [2.75, 3.05) is 14.1 Å². The molecule has 1 atom stereocenters. The van der Waals surface area contributed by atoms with Gasteiger partial charge >= 0.3 is 8.53 Å². The summed E-state index contributed by atoms with van der Waals surface area (Å²) in [6.45, 7) is 4.27. The number of hydrogen-bond donors (Lipinski definition) is 0. The molecule has 1 heterocycles. The minimum absolute atomic E-state index is 0.855. The van der Waals surface area contributed by atoms with Crippen molar-refractivity contribution in [3.63, 3.8) is 0 Å². The Kier molecular flexibility index (Phi) is 7.40. The molecule has 0 saturated heterocycles. The zero-order valence-corrected chi connectivity index (χ0v) is 22.8. The van der Waals surface area contributed by atoms with E-state index in [4.69, 9.17) is 9.05 Å². The van der Waals surface area contributed by atoms with Gasteiger partial charge in [-0.15, -0.1) is 0 Å². The van der Waals surface area contributed by atoms with Crippen LogP contribution in [0.5, 0.6) is 11.5 Å². The van der Waals surface area contributed by atoms with Gasteiger partial charge in [-0.25, -0.2) is 4.67 Å². The fourth-order valence-corrected chi connectivity index (χ4v) is 7.08. The maximum atomic E-state index is 6.57. The van der Waals surface area contributed by atoms with Crippen LogP contribution in [-0.4, -0.2) is 18.8 Å². The molecule has 1 aliphatic rings. The van der Waals surface area contributed by atoms with Gasteiger partial charge < -0.3 is 9.05 Å². The quantitative estimate of drug-likeness (QED) is 0.201. The smallest absolute Gasteiger partial charge is 0.384 e. The molecule has 1 unspecified atom stereocenters. The summed E-state index contributed by atoms with van der Waals surface area (Å²) in [6.07, 6.45) is 0.868. The van der Waals surface area contributed by atoms with E-state index in [0.717, 1.165) is 23.5 Å². The molecule has 0 bridgehead atoms. The average molecular weight is 518 g/mol. The molecule has 0 saturated carbocycles. The highest BCUT2D eigenvalue weighted by atomic mass is 32.2. The predicted octanol–water partition coefficient (Wildman–Crippen LogP) is 8.76. The molecule has 178 valence electrons. The predicted molar refractivity (Wildman–Crippen MR) is 148 cm³/mol. The minimum atomic E-state index is -1.33. The van der Waals surface area contributed by atoms with Crippen molar-refractivity contribution in [3.8, 4) is 11.5 Å². The molecule has 0 fully saturated rings. The number of aryl methyl sites for hydroxylation is 1. The summed E-state index contributed by atoms with van der Waals surface area (Å²) < 4.78 is 15.1. The Morgan fingerprint density at radius 1 is 0.743 bits per heavy atom. The average Bonchev–Trinajstić information content (AvgIpc) is 2.86. The molecule has 0 radical (unpaired) electrons. The highest BCUT2D eigenvalue weighted by Crippen LogP contribution is 2.49. The van der Waals surface area contributed by atoms with Crippen LogP contribution < -0.4 is 9.05 Å². The maximum absolute atomic E-state index is 6.57. The van der Waals surface area contributed by atoms with Gasteiger partial charge in [-0.1, -0.05) is 72.1 Å². The second kappa shape index (κ2) is 10.7. The SMILES string of the molecule is Cc1ccccc1Sc1cccc(OP(Oc2cccc3c2Cc2ccccc2S3)N(C)C)c1C. The van der Waals surface area contributed by atoms with Gasteiger partial charge in [-0.2, -0.15) is 0 Å². The number of benzene rings is 4. The lowest BCUT2D eigenvalue weighted by atomic mass is 10.0. The molecular weight excluding hydrogens is 489 g/mol. The van der Waals surface area contributed by atoms with Gasteiger partial charge in [-0.05, 0) is 75.5 Å². The first-order chi connectivity index (χ1) is 17.0. The zero-order chi connectivity index (χ0) is 24.4. The van der Waals surface area contributed by atoms with Gasteiger partial charge in [0.2, 0.25) is 0 Å². The highest BCUT2D eigenvalue weighted by Gasteiger charge is 2.25. The Bertz CT molecular complexity index is 1360. The molecule has 4 aromatic rings. The van der Waals surface area contributed by atoms with Gasteiger partial charge in [0.1, 0.15) is 11.5 Å². The van der Waals surface area contributed by atoms with E-state index in [9.17, 15) is 0 Å². The van der Waals surface area contributed by atoms with Crippen LogP contribution in [0.3, 0.4) is 0 Å². The van der Waals surface area contributed by atoms with Crippen molar-refractivity contribution in [2.45, 2.75) is 39.9 Å². The lowest BCUT2D eigenvalue weighted by Gasteiger charge is -2.27. The molecule has 6 heteroatoms. The van der Waals surface area contributed by atoms with Crippen LogP contribution in [0.15, 0.2) is 105 Å². The topological polar surface area (TPSA) is 21.7 Å². The fraction of sp³-hybridized carbons (Fsp3) is 0.172. The van der Waals surface area contributed by atoms with E-state index in [1.807, 2.05) is 36.6 Å². The van der Waals surface area contributed by atoms with Crippen molar-refractivity contribution in [2.24, 2.45) is 0 Å². The Balaban J connectivity index is 1.39. The van der Waals surface area contributed by atoms with Gasteiger partial charge in [-0.3, -0.25) is 0 Å². The third-order valence-electron chi connectivity index (χ3n) is 5.88. The summed E-state index contributed by atoms with van der Waals surface area (Å²) in [5.41, 5.74) is 4.97. The Labute approximate surface area is 217 Å². The van der Waals surface area contributed by atoms with Crippen LogP contribution in [-0.2, 0) is 6.42 Å². The van der Waals surface area contributed by atoms with Crippen LogP contribution in [0, 0.1) is 13.8 Å². The number of fused-ring (bicyclic) bond motifs is 2. The monoisotopic (exact) mass is 517 g/mol. The van der Waals surface area contributed by atoms with Crippen LogP contribution in [0.1, 0.15) is 22.3 Å². The number of rotatable bonds is 7. The molecule has 0 aromatic heterocycles. The molecule has 0 aliphatic carbocycles. The summed E-state index contributed by atoms with van der Waals surface area (Å²) in [4.78, 5) is 5.02. The lowest BCUT2D eigenvalue weighted by Crippen LogP contribution is -2.14. The zero-order valence-electron chi connectivity index (χ0n) is 20.3. The normalized spacial score (nSPS) is 13.2. The van der Waals surface area contributed by atoms with Gasteiger partial charge in [0.15, 0.2) is 0 Å². The van der Waals surface area contributed by atoms with Crippen molar-refractivity contribution in [3.05, 3.63) is 107 Å². The maximum Gasteiger partial charge on any atom is 0.384 e. The van der Waals surface area contributed by atoms with Crippen LogP contribution in [0.25, 0.3) is 0 Å². The first-order valence-electron chi connectivity index (χ1n) is 11.5. The minimum Gasteiger partial charge on any atom is -0.427 e. The largest absolute Gasteiger partial charge is 0.427 e. The van der Waals surface area contributed by atoms with Crippen molar-refractivity contribution >= 4 is 32.0 Å². The van der Waals surface area contributed by atoms with Gasteiger partial charge in [0, 0.05) is 37.1 Å². The Morgan fingerprint density at radius 3 is 2.23 bits per heavy atom. The number of nitrogens with zero attached hydrogens (tertiary/aromatic N) is 1. The molecule has 1 aliphatic heterocycles. The lowest BCUT2D eigenvalue weighted by molar-refractivity contribution is 0.415. The van der Waals surface area contributed by atoms with E-state index in [1.54, 1.807) is 11.8 Å². The van der Waals surface area contributed by atoms with E-state index in [1.165, 1.54) is 36.3 Å². The third-order valence-corrected chi connectivity index (χ3v) is 9.80. The van der Waals surface area contributed by atoms with Gasteiger partial charge in [0.25, 0.3) is 0 Å². The Morgan fingerprint density at radius 2 is 1.40 bits per heavy atom.